The molecule has 0 saturated carbocycles. The number of amides is 1. The van der Waals surface area contributed by atoms with Crippen LogP contribution in [-0.4, -0.2) is 29.3 Å². The van der Waals surface area contributed by atoms with Crippen LogP contribution in [0.3, 0.4) is 0 Å². The molecule has 3 rings (SSSR count). The van der Waals surface area contributed by atoms with Crippen molar-refractivity contribution in [3.8, 4) is 0 Å². The zero-order chi connectivity index (χ0) is 18.7. The summed E-state index contributed by atoms with van der Waals surface area (Å²) in [6.45, 7) is 4.02. The summed E-state index contributed by atoms with van der Waals surface area (Å²) < 4.78 is 0. The fourth-order valence-corrected chi connectivity index (χ4v) is 2.76. The Balaban J connectivity index is 1.92. The van der Waals surface area contributed by atoms with Crippen LogP contribution < -0.4 is 4.90 Å². The highest BCUT2D eigenvalue weighted by atomic mass is 35.5. The van der Waals surface area contributed by atoms with Crippen LogP contribution in [0.5, 0.6) is 0 Å². The molecule has 2 aromatic rings. The van der Waals surface area contributed by atoms with Crippen LogP contribution in [0.2, 0.25) is 5.02 Å². The third kappa shape index (κ3) is 3.25. The molecule has 0 unspecified atom stereocenters. The molecular formula is C18H13ClN4O3. The average molecular weight is 369 g/mol. The van der Waals surface area contributed by atoms with Gasteiger partial charge in [0.05, 0.1) is 16.8 Å². The molecule has 130 valence electrons. The molecule has 1 aliphatic rings. The van der Waals surface area contributed by atoms with Gasteiger partial charge in [-0.25, -0.2) is 0 Å². The number of nitrogens with zero attached hydrogens (tertiary/aromatic N) is 4. The smallest absolute Gasteiger partial charge is 0.288 e. The lowest BCUT2D eigenvalue weighted by atomic mass is 10.1. The molecule has 7 nitrogen and oxygen atoms in total. The van der Waals surface area contributed by atoms with E-state index in [0.717, 1.165) is 5.69 Å². The molecule has 0 bridgehead atoms. The van der Waals surface area contributed by atoms with Gasteiger partial charge in [-0.15, -0.1) is 11.7 Å². The maximum absolute atomic E-state index is 12.5. The van der Waals surface area contributed by atoms with E-state index < -0.39 is 4.92 Å². The van der Waals surface area contributed by atoms with Gasteiger partial charge in [-0.05, 0) is 12.1 Å². The molecule has 2 aromatic carbocycles. The van der Waals surface area contributed by atoms with Crippen molar-refractivity contribution >= 4 is 40.8 Å². The number of carbonyl (C=O) groups is 1. The summed E-state index contributed by atoms with van der Waals surface area (Å²) in [7, 11) is 0. The van der Waals surface area contributed by atoms with Crippen LogP contribution in [0.15, 0.2) is 65.3 Å². The highest BCUT2D eigenvalue weighted by Gasteiger charge is 2.32. The third-order valence-electron chi connectivity index (χ3n) is 3.74. The van der Waals surface area contributed by atoms with Gasteiger partial charge in [-0.3, -0.25) is 14.9 Å². The van der Waals surface area contributed by atoms with Crippen LogP contribution in [0.4, 0.5) is 11.4 Å². The molecule has 8 heteroatoms. The van der Waals surface area contributed by atoms with E-state index in [1.54, 1.807) is 23.1 Å². The number of halogens is 1. The Kier molecular flexibility index (Phi) is 4.90. The number of fused-ring (bicyclic) bond motifs is 1. The van der Waals surface area contributed by atoms with Crippen molar-refractivity contribution in [1.29, 1.82) is 0 Å². The minimum Gasteiger partial charge on any atom is -0.302 e. The largest absolute Gasteiger partial charge is 0.302 e. The van der Waals surface area contributed by atoms with Crippen molar-refractivity contribution in [2.75, 3.05) is 11.4 Å². The topological polar surface area (TPSA) is 88.2 Å². The average Bonchev–Trinajstić information content (AvgIpc) is 2.89. The van der Waals surface area contributed by atoms with Gasteiger partial charge in [0.25, 0.3) is 11.6 Å². The number of anilines is 1. The molecule has 1 amide bonds. The Hall–Kier alpha value is -3.32. The fourth-order valence-electron chi connectivity index (χ4n) is 2.57. The lowest BCUT2D eigenvalue weighted by Crippen LogP contribution is -2.30. The van der Waals surface area contributed by atoms with E-state index in [4.69, 9.17) is 11.6 Å². The molecule has 0 N–H and O–H groups in total. The fraction of sp³-hybridized carbons (Fsp3) is 0.0556. The van der Waals surface area contributed by atoms with Crippen molar-refractivity contribution in [2.24, 2.45) is 10.2 Å². The SMILES string of the molecule is C=CCN1C(=O)/C(=N\N=C/c2ccc(Cl)c([N+](=O)[O-])c2)c2ccccc21. The van der Waals surface area contributed by atoms with Gasteiger partial charge in [0, 0.05) is 23.7 Å². The maximum atomic E-state index is 12.5. The summed E-state index contributed by atoms with van der Waals surface area (Å²) in [5.41, 5.74) is 1.86. The summed E-state index contributed by atoms with van der Waals surface area (Å²) in [5.74, 6) is -0.273. The van der Waals surface area contributed by atoms with Gasteiger partial charge < -0.3 is 4.90 Å². The number of carbonyl (C=O) groups excluding carboxylic acids is 1. The first kappa shape index (κ1) is 17.5. The molecule has 1 heterocycles. The minimum atomic E-state index is -0.574. The number of nitro groups is 1. The second-order valence-electron chi connectivity index (χ2n) is 5.38. The Bertz CT molecular complexity index is 969. The quantitative estimate of drug-likeness (QED) is 0.349. The van der Waals surface area contributed by atoms with Gasteiger partial charge in [0.15, 0.2) is 5.71 Å². The molecule has 0 fully saturated rings. The van der Waals surface area contributed by atoms with E-state index >= 15 is 0 Å². The minimum absolute atomic E-state index is 0.0402. The number of para-hydroxylation sites is 1. The Morgan fingerprint density at radius 2 is 2.04 bits per heavy atom. The number of nitro benzene ring substituents is 1. The lowest BCUT2D eigenvalue weighted by molar-refractivity contribution is -0.384. The van der Waals surface area contributed by atoms with E-state index in [9.17, 15) is 14.9 Å². The summed E-state index contributed by atoms with van der Waals surface area (Å²) >= 11 is 5.78. The molecule has 1 aliphatic heterocycles. The van der Waals surface area contributed by atoms with Crippen molar-refractivity contribution in [3.63, 3.8) is 0 Å². The predicted octanol–water partition coefficient (Wildman–Crippen LogP) is 3.60. The maximum Gasteiger partial charge on any atom is 0.288 e. The first-order chi connectivity index (χ1) is 12.5. The third-order valence-corrected chi connectivity index (χ3v) is 4.06. The summed E-state index contributed by atoms with van der Waals surface area (Å²) in [6.07, 6.45) is 2.97. The Morgan fingerprint density at radius 1 is 1.27 bits per heavy atom. The van der Waals surface area contributed by atoms with Crippen molar-refractivity contribution in [2.45, 2.75) is 0 Å². The van der Waals surface area contributed by atoms with E-state index in [1.165, 1.54) is 18.3 Å². The van der Waals surface area contributed by atoms with Gasteiger partial charge in [-0.2, -0.15) is 5.10 Å². The molecule has 26 heavy (non-hydrogen) atoms. The van der Waals surface area contributed by atoms with Crippen molar-refractivity contribution in [3.05, 3.63) is 81.4 Å². The number of hydrogen-bond acceptors (Lipinski definition) is 5. The second kappa shape index (κ2) is 7.28. The van der Waals surface area contributed by atoms with E-state index in [2.05, 4.69) is 16.8 Å². The van der Waals surface area contributed by atoms with Crippen molar-refractivity contribution in [1.82, 2.24) is 0 Å². The zero-order valence-electron chi connectivity index (χ0n) is 13.5. The number of rotatable bonds is 5. The van der Waals surface area contributed by atoms with Crippen LogP contribution in [0.1, 0.15) is 11.1 Å². The molecule has 0 atom stereocenters. The second-order valence-corrected chi connectivity index (χ2v) is 5.79. The predicted molar refractivity (Wildman–Crippen MR) is 101 cm³/mol. The first-order valence-corrected chi connectivity index (χ1v) is 7.98. The van der Waals surface area contributed by atoms with E-state index in [-0.39, 0.29) is 22.3 Å². The van der Waals surface area contributed by atoms with Gasteiger partial charge in [0.1, 0.15) is 5.02 Å². The molecule has 0 aromatic heterocycles. The van der Waals surface area contributed by atoms with Crippen LogP contribution in [0.25, 0.3) is 0 Å². The van der Waals surface area contributed by atoms with Gasteiger partial charge >= 0.3 is 0 Å². The van der Waals surface area contributed by atoms with E-state index in [1.807, 2.05) is 18.2 Å². The number of benzene rings is 2. The van der Waals surface area contributed by atoms with Crippen LogP contribution >= 0.6 is 11.6 Å². The van der Waals surface area contributed by atoms with E-state index in [0.29, 0.717) is 17.7 Å². The summed E-state index contributed by atoms with van der Waals surface area (Å²) in [6, 6.07) is 11.5. The highest BCUT2D eigenvalue weighted by Crippen LogP contribution is 2.29. The lowest BCUT2D eigenvalue weighted by Gasteiger charge is -2.13. The normalized spacial score (nSPS) is 14.9. The standard InChI is InChI=1S/C18H13ClN4O3/c1-2-9-22-15-6-4-3-5-13(15)17(18(22)24)21-20-11-12-7-8-14(19)16(10-12)23(25)26/h2-8,10-11H,1,9H2/b20-11-,21-17-. The molecule has 0 radical (unpaired) electrons. The monoisotopic (exact) mass is 368 g/mol. The van der Waals surface area contributed by atoms with Crippen molar-refractivity contribution < 1.29 is 9.72 Å². The molecule has 0 saturated heterocycles. The van der Waals surface area contributed by atoms with Gasteiger partial charge in [0.2, 0.25) is 0 Å². The van der Waals surface area contributed by atoms with Crippen LogP contribution in [0, 0.1) is 10.1 Å². The first-order valence-electron chi connectivity index (χ1n) is 7.60. The molecule has 0 aliphatic carbocycles. The summed E-state index contributed by atoms with van der Waals surface area (Å²) in [5, 5.41) is 18.9. The van der Waals surface area contributed by atoms with Gasteiger partial charge in [-0.1, -0.05) is 41.9 Å². The Labute approximate surface area is 154 Å². The number of hydrogen-bond donors (Lipinski definition) is 0. The molecular weight excluding hydrogens is 356 g/mol. The summed E-state index contributed by atoms with van der Waals surface area (Å²) in [4.78, 5) is 24.5. The highest BCUT2D eigenvalue weighted by molar-refractivity contribution is 6.54. The Morgan fingerprint density at radius 3 is 2.77 bits per heavy atom. The molecule has 0 spiro atoms. The van der Waals surface area contributed by atoms with Crippen LogP contribution in [-0.2, 0) is 4.79 Å². The zero-order valence-corrected chi connectivity index (χ0v) is 14.3.